The molecular weight excluding hydrogens is 214 g/mol. The zero-order chi connectivity index (χ0) is 10.8. The minimum absolute atomic E-state index is 0.0282. The number of aromatic carboxylic acids is 1. The van der Waals surface area contributed by atoms with Gasteiger partial charge in [0.15, 0.2) is 5.69 Å². The van der Waals surface area contributed by atoms with Crippen molar-refractivity contribution >= 4 is 17.3 Å². The van der Waals surface area contributed by atoms with Crippen LogP contribution in [-0.4, -0.2) is 26.5 Å². The third-order valence-corrected chi connectivity index (χ3v) is 3.23. The van der Waals surface area contributed by atoms with Crippen LogP contribution in [0.3, 0.4) is 0 Å². The molecular formula is C9H9N3O2S. The second-order valence-corrected chi connectivity index (χ2v) is 4.11. The largest absolute Gasteiger partial charge is 0.476 e. The van der Waals surface area contributed by atoms with Crippen LogP contribution in [0.25, 0.3) is 10.6 Å². The maximum atomic E-state index is 10.8. The van der Waals surface area contributed by atoms with Crippen LogP contribution in [0, 0.1) is 0 Å². The number of H-pyrrole nitrogens is 1. The highest BCUT2D eigenvalue weighted by atomic mass is 32.1. The van der Waals surface area contributed by atoms with Crippen molar-refractivity contribution in [1.82, 2.24) is 15.4 Å². The lowest BCUT2D eigenvalue weighted by molar-refractivity contribution is 0.0691. The number of carboxylic acids is 1. The molecule has 0 fully saturated rings. The first kappa shape index (κ1) is 9.85. The number of hydrogen-bond donors (Lipinski definition) is 2. The fraction of sp³-hybridized carbons (Fsp3) is 0.222. The summed E-state index contributed by atoms with van der Waals surface area (Å²) in [6, 6.07) is 3.84. The van der Waals surface area contributed by atoms with Crippen molar-refractivity contribution in [2.24, 2.45) is 0 Å². The Morgan fingerprint density at radius 1 is 1.53 bits per heavy atom. The van der Waals surface area contributed by atoms with Crippen LogP contribution in [0.15, 0.2) is 12.1 Å². The Balaban J connectivity index is 2.44. The number of aryl methyl sites for hydroxylation is 1. The van der Waals surface area contributed by atoms with Gasteiger partial charge in [0.25, 0.3) is 0 Å². The topological polar surface area (TPSA) is 78.9 Å². The molecule has 6 heteroatoms. The van der Waals surface area contributed by atoms with Crippen molar-refractivity contribution in [3.63, 3.8) is 0 Å². The third-order valence-electron chi connectivity index (χ3n) is 1.99. The number of hydrogen-bond acceptors (Lipinski definition) is 4. The molecule has 2 heterocycles. The lowest BCUT2D eigenvalue weighted by Crippen LogP contribution is -1.98. The van der Waals surface area contributed by atoms with Gasteiger partial charge in [0, 0.05) is 4.88 Å². The monoisotopic (exact) mass is 223 g/mol. The Hall–Kier alpha value is -1.69. The van der Waals surface area contributed by atoms with Gasteiger partial charge in [-0.25, -0.2) is 4.79 Å². The Bertz CT molecular complexity index is 489. The molecule has 0 aliphatic rings. The molecule has 0 aliphatic carbocycles. The van der Waals surface area contributed by atoms with Crippen molar-refractivity contribution in [1.29, 1.82) is 0 Å². The smallest absolute Gasteiger partial charge is 0.358 e. The average Bonchev–Trinajstić information content (AvgIpc) is 2.85. The van der Waals surface area contributed by atoms with Gasteiger partial charge in [0.05, 0.1) is 4.88 Å². The summed E-state index contributed by atoms with van der Waals surface area (Å²) in [4.78, 5) is 12.8. The minimum atomic E-state index is -1.06. The molecule has 0 spiro atoms. The molecule has 0 amide bonds. The van der Waals surface area contributed by atoms with Gasteiger partial charge < -0.3 is 5.11 Å². The molecule has 0 saturated carbocycles. The molecule has 0 bridgehead atoms. The van der Waals surface area contributed by atoms with E-state index in [-0.39, 0.29) is 5.69 Å². The van der Waals surface area contributed by atoms with Crippen LogP contribution in [-0.2, 0) is 6.42 Å². The number of aromatic nitrogens is 3. The lowest BCUT2D eigenvalue weighted by Gasteiger charge is -1.91. The molecule has 0 saturated heterocycles. The van der Waals surface area contributed by atoms with Crippen LogP contribution in [0.1, 0.15) is 22.3 Å². The Kier molecular flexibility index (Phi) is 2.51. The standard InChI is InChI=1S/C9H9N3O2S/c1-2-5-3-4-6(15-5)7-8(9(13)14)11-12-10-7/h3-4H,2H2,1H3,(H,13,14)(H,10,11,12). The second kappa shape index (κ2) is 3.82. The number of carbonyl (C=O) groups is 1. The summed E-state index contributed by atoms with van der Waals surface area (Å²) in [5, 5.41) is 18.6. The van der Waals surface area contributed by atoms with Gasteiger partial charge in [-0.2, -0.15) is 10.3 Å². The van der Waals surface area contributed by atoms with Crippen LogP contribution >= 0.6 is 11.3 Å². The number of aromatic amines is 1. The summed E-state index contributed by atoms with van der Waals surface area (Å²) in [7, 11) is 0. The maximum Gasteiger partial charge on any atom is 0.358 e. The summed E-state index contributed by atoms with van der Waals surface area (Å²) in [5.41, 5.74) is 0.381. The van der Waals surface area contributed by atoms with Crippen LogP contribution in [0.5, 0.6) is 0 Å². The van der Waals surface area contributed by atoms with E-state index < -0.39 is 5.97 Å². The first-order valence-electron chi connectivity index (χ1n) is 4.45. The molecule has 2 N–H and O–H groups in total. The molecule has 78 valence electrons. The molecule has 0 atom stereocenters. The van der Waals surface area contributed by atoms with Gasteiger partial charge >= 0.3 is 5.97 Å². The quantitative estimate of drug-likeness (QED) is 0.831. The summed E-state index contributed by atoms with van der Waals surface area (Å²) in [6.07, 6.45) is 0.935. The fourth-order valence-corrected chi connectivity index (χ4v) is 2.18. The molecule has 2 aromatic heterocycles. The molecule has 0 radical (unpaired) electrons. The van der Waals surface area contributed by atoms with Gasteiger partial charge in [0.1, 0.15) is 5.69 Å². The Morgan fingerprint density at radius 2 is 2.33 bits per heavy atom. The Morgan fingerprint density at radius 3 is 2.93 bits per heavy atom. The highest BCUT2D eigenvalue weighted by Crippen LogP contribution is 2.28. The molecule has 0 aliphatic heterocycles. The van der Waals surface area contributed by atoms with E-state index >= 15 is 0 Å². The highest BCUT2D eigenvalue weighted by Gasteiger charge is 2.17. The minimum Gasteiger partial charge on any atom is -0.476 e. The molecule has 5 nitrogen and oxygen atoms in total. The number of thiophene rings is 1. The van der Waals surface area contributed by atoms with Gasteiger partial charge in [-0.1, -0.05) is 6.92 Å². The van der Waals surface area contributed by atoms with Crippen molar-refractivity contribution in [2.45, 2.75) is 13.3 Å². The van der Waals surface area contributed by atoms with Crippen molar-refractivity contribution < 1.29 is 9.90 Å². The SMILES string of the molecule is CCc1ccc(-c2n[nH]nc2C(=O)O)s1. The predicted molar refractivity (Wildman–Crippen MR) is 56.0 cm³/mol. The fourth-order valence-electron chi connectivity index (χ4n) is 1.25. The summed E-state index contributed by atoms with van der Waals surface area (Å²) in [5.74, 6) is -1.06. The summed E-state index contributed by atoms with van der Waals surface area (Å²) in [6.45, 7) is 2.05. The normalized spacial score (nSPS) is 10.5. The van der Waals surface area contributed by atoms with Gasteiger partial charge in [-0.15, -0.1) is 16.4 Å². The van der Waals surface area contributed by atoms with E-state index in [0.717, 1.165) is 11.3 Å². The van der Waals surface area contributed by atoms with E-state index in [2.05, 4.69) is 22.3 Å². The second-order valence-electron chi connectivity index (χ2n) is 2.95. The van der Waals surface area contributed by atoms with E-state index in [1.165, 1.54) is 16.2 Å². The zero-order valence-electron chi connectivity index (χ0n) is 8.02. The van der Waals surface area contributed by atoms with Crippen LogP contribution < -0.4 is 0 Å². The van der Waals surface area contributed by atoms with E-state index in [4.69, 9.17) is 5.11 Å². The summed E-state index contributed by atoms with van der Waals surface area (Å²) >= 11 is 1.54. The number of nitrogens with one attached hydrogen (secondary N) is 1. The molecule has 2 rings (SSSR count). The first-order chi connectivity index (χ1) is 7.22. The summed E-state index contributed by atoms with van der Waals surface area (Å²) < 4.78 is 0. The van der Waals surface area contributed by atoms with E-state index in [9.17, 15) is 4.79 Å². The maximum absolute atomic E-state index is 10.8. The van der Waals surface area contributed by atoms with Gasteiger partial charge in [-0.05, 0) is 18.6 Å². The number of rotatable bonds is 3. The van der Waals surface area contributed by atoms with Crippen molar-refractivity contribution in [2.75, 3.05) is 0 Å². The molecule has 0 aromatic carbocycles. The predicted octanol–water partition coefficient (Wildman–Crippen LogP) is 1.79. The van der Waals surface area contributed by atoms with E-state index in [1.54, 1.807) is 0 Å². The van der Waals surface area contributed by atoms with E-state index in [0.29, 0.717) is 5.69 Å². The average molecular weight is 223 g/mol. The Labute approximate surface area is 89.8 Å². The van der Waals surface area contributed by atoms with Crippen LogP contribution in [0.2, 0.25) is 0 Å². The van der Waals surface area contributed by atoms with E-state index in [1.807, 2.05) is 12.1 Å². The molecule has 2 aromatic rings. The highest BCUT2D eigenvalue weighted by molar-refractivity contribution is 7.15. The van der Waals surface area contributed by atoms with Crippen molar-refractivity contribution in [3.8, 4) is 10.6 Å². The number of carboxylic acid groups (broad SMARTS) is 1. The van der Waals surface area contributed by atoms with Gasteiger partial charge in [0.2, 0.25) is 0 Å². The zero-order valence-corrected chi connectivity index (χ0v) is 8.84. The molecule has 0 unspecified atom stereocenters. The van der Waals surface area contributed by atoms with Crippen molar-refractivity contribution in [3.05, 3.63) is 22.7 Å². The third kappa shape index (κ3) is 1.75. The van der Waals surface area contributed by atoms with Crippen LogP contribution in [0.4, 0.5) is 0 Å². The first-order valence-corrected chi connectivity index (χ1v) is 5.27. The van der Waals surface area contributed by atoms with Gasteiger partial charge in [-0.3, -0.25) is 0 Å². The number of nitrogens with zero attached hydrogens (tertiary/aromatic N) is 2. The lowest BCUT2D eigenvalue weighted by atomic mass is 10.2. The molecule has 15 heavy (non-hydrogen) atoms.